The molecule has 0 saturated carbocycles. The van der Waals surface area contributed by atoms with Crippen LogP contribution in [0.1, 0.15) is 5.56 Å². The monoisotopic (exact) mass is 390 g/mol. The quantitative estimate of drug-likeness (QED) is 0.665. The summed E-state index contributed by atoms with van der Waals surface area (Å²) < 4.78 is 17.9. The third-order valence-corrected chi connectivity index (χ3v) is 3.83. The van der Waals surface area contributed by atoms with Crippen LogP contribution < -0.4 is 10.1 Å². The Morgan fingerprint density at radius 1 is 1.11 bits per heavy atom. The number of aliphatic hydroxyl groups is 1. The molecule has 8 nitrogen and oxygen atoms in total. The summed E-state index contributed by atoms with van der Waals surface area (Å²) in [6, 6.07) is 10.0. The van der Waals surface area contributed by atoms with Crippen molar-refractivity contribution in [3.63, 3.8) is 0 Å². The van der Waals surface area contributed by atoms with Gasteiger partial charge in [0.2, 0.25) is 5.91 Å². The summed E-state index contributed by atoms with van der Waals surface area (Å²) in [5.41, 5.74) is 1.11. The number of anilines is 1. The zero-order chi connectivity index (χ0) is 20.7. The van der Waals surface area contributed by atoms with Crippen molar-refractivity contribution in [2.45, 2.75) is 12.5 Å². The van der Waals surface area contributed by atoms with Crippen LogP contribution in [0.2, 0.25) is 0 Å². The molecule has 0 aliphatic rings. The van der Waals surface area contributed by atoms with Gasteiger partial charge >= 0.3 is 12.1 Å². The third kappa shape index (κ3) is 5.78. The van der Waals surface area contributed by atoms with Gasteiger partial charge in [0.15, 0.2) is 6.04 Å². The van der Waals surface area contributed by atoms with Crippen molar-refractivity contribution in [2.24, 2.45) is 0 Å². The van der Waals surface area contributed by atoms with E-state index >= 15 is 0 Å². The van der Waals surface area contributed by atoms with Gasteiger partial charge in [-0.1, -0.05) is 12.1 Å². The average molecular weight is 390 g/mol. The predicted octanol–water partition coefficient (Wildman–Crippen LogP) is 1.88. The fourth-order valence-corrected chi connectivity index (χ4v) is 2.27. The minimum Gasteiger partial charge on any atom is -0.480 e. The zero-order valence-corrected chi connectivity index (χ0v) is 15.0. The molecular formula is C19H19FN2O6. The number of aliphatic carboxylic acids is 1. The molecule has 2 aromatic carbocycles. The van der Waals surface area contributed by atoms with E-state index in [1.165, 1.54) is 55.6 Å². The molecule has 0 saturated heterocycles. The molecule has 0 aliphatic carbocycles. The number of ether oxygens (including phenoxy) is 1. The van der Waals surface area contributed by atoms with E-state index in [2.05, 4.69) is 5.32 Å². The van der Waals surface area contributed by atoms with E-state index in [1.54, 1.807) is 0 Å². The van der Waals surface area contributed by atoms with E-state index < -0.39 is 24.7 Å². The lowest BCUT2D eigenvalue weighted by Crippen LogP contribution is -2.45. The second-order valence-electron chi connectivity index (χ2n) is 5.89. The van der Waals surface area contributed by atoms with E-state index in [-0.39, 0.29) is 23.9 Å². The number of nitrogens with zero attached hydrogens (tertiary/aromatic N) is 1. The molecule has 0 unspecified atom stereocenters. The van der Waals surface area contributed by atoms with Crippen molar-refractivity contribution in [3.05, 3.63) is 59.9 Å². The number of nitrogens with one attached hydrogen (secondary N) is 1. The molecule has 9 heteroatoms. The van der Waals surface area contributed by atoms with Crippen molar-refractivity contribution < 1.29 is 33.7 Å². The number of aliphatic hydroxyl groups excluding tert-OH is 1. The molecule has 0 radical (unpaired) electrons. The number of amides is 2. The zero-order valence-electron chi connectivity index (χ0n) is 15.0. The van der Waals surface area contributed by atoms with Gasteiger partial charge in [-0.2, -0.15) is 0 Å². The van der Waals surface area contributed by atoms with Gasteiger partial charge in [0.25, 0.3) is 0 Å². The number of rotatable bonds is 7. The molecule has 3 N–H and O–H groups in total. The third-order valence-electron chi connectivity index (χ3n) is 3.83. The lowest BCUT2D eigenvalue weighted by Gasteiger charge is -2.22. The Hall–Kier alpha value is -3.46. The molecule has 28 heavy (non-hydrogen) atoms. The summed E-state index contributed by atoms with van der Waals surface area (Å²) in [6.45, 7) is -0.750. The van der Waals surface area contributed by atoms with Gasteiger partial charge in [-0.25, -0.2) is 14.0 Å². The molecule has 0 aromatic heterocycles. The molecule has 1 atom stereocenters. The number of carboxylic acid groups (broad SMARTS) is 1. The highest BCUT2D eigenvalue weighted by atomic mass is 19.1. The van der Waals surface area contributed by atoms with Gasteiger partial charge in [-0.05, 0) is 42.0 Å². The number of hydrogen-bond acceptors (Lipinski definition) is 5. The second kappa shape index (κ2) is 9.47. The fourth-order valence-electron chi connectivity index (χ4n) is 2.27. The normalized spacial score (nSPS) is 11.4. The van der Waals surface area contributed by atoms with Crippen molar-refractivity contribution in [1.82, 2.24) is 4.90 Å². The summed E-state index contributed by atoms with van der Waals surface area (Å²) in [5, 5.41) is 20.6. The fraction of sp³-hybridized carbons (Fsp3) is 0.211. The highest BCUT2D eigenvalue weighted by molar-refractivity contribution is 5.92. The van der Waals surface area contributed by atoms with Crippen LogP contribution in [-0.2, 0) is 16.0 Å². The smallest absolute Gasteiger partial charge is 0.415 e. The number of carboxylic acids is 1. The Bertz CT molecular complexity index is 839. The summed E-state index contributed by atoms with van der Waals surface area (Å²) in [5.74, 6) is -1.91. The number of carbonyl (C=O) groups is 3. The van der Waals surface area contributed by atoms with Crippen LogP contribution in [-0.4, -0.2) is 52.8 Å². The van der Waals surface area contributed by atoms with Crippen molar-refractivity contribution in [1.29, 1.82) is 0 Å². The molecule has 0 fully saturated rings. The number of halogens is 1. The molecule has 148 valence electrons. The van der Waals surface area contributed by atoms with Crippen LogP contribution in [0.25, 0.3) is 0 Å². The lowest BCUT2D eigenvalue weighted by atomic mass is 10.1. The number of hydrogen-bond donors (Lipinski definition) is 3. The first kappa shape index (κ1) is 20.8. The molecule has 0 heterocycles. The molecule has 2 rings (SSSR count). The van der Waals surface area contributed by atoms with Crippen LogP contribution in [0.15, 0.2) is 48.5 Å². The Kier molecular flexibility index (Phi) is 7.05. The molecule has 0 bridgehead atoms. The van der Waals surface area contributed by atoms with Gasteiger partial charge in [-0.15, -0.1) is 0 Å². The predicted molar refractivity (Wildman–Crippen MR) is 97.5 cm³/mol. The maximum Gasteiger partial charge on any atom is 0.415 e. The SMILES string of the molecule is CN(C(=O)Oc1ccc(NC(=O)Cc2ccc(F)cc2)cc1)[C@H](CO)C(=O)O. The standard InChI is InChI=1S/C19H19FN2O6/c1-22(16(11-23)18(25)26)19(27)28-15-8-6-14(7-9-15)21-17(24)10-12-2-4-13(20)5-3-12/h2-9,16,23H,10-11H2,1H3,(H,21,24)(H,25,26)/t16-/m1/s1. The summed E-state index contributed by atoms with van der Waals surface area (Å²) in [4.78, 5) is 35.7. The Balaban J connectivity index is 1.92. The Morgan fingerprint density at radius 3 is 2.25 bits per heavy atom. The number of carbonyl (C=O) groups excluding carboxylic acids is 2. The lowest BCUT2D eigenvalue weighted by molar-refractivity contribution is -0.143. The highest BCUT2D eigenvalue weighted by Gasteiger charge is 2.27. The topological polar surface area (TPSA) is 116 Å². The van der Waals surface area contributed by atoms with Crippen molar-refractivity contribution in [3.8, 4) is 5.75 Å². The van der Waals surface area contributed by atoms with Gasteiger partial charge in [0, 0.05) is 12.7 Å². The minimum absolute atomic E-state index is 0.0690. The van der Waals surface area contributed by atoms with Crippen molar-refractivity contribution >= 4 is 23.7 Å². The van der Waals surface area contributed by atoms with Crippen LogP contribution in [0, 0.1) is 5.82 Å². The maximum atomic E-state index is 12.9. The molecule has 2 amide bonds. The maximum absolute atomic E-state index is 12.9. The van der Waals surface area contributed by atoms with Gasteiger partial charge in [-0.3, -0.25) is 9.69 Å². The molecule has 0 spiro atoms. The highest BCUT2D eigenvalue weighted by Crippen LogP contribution is 2.17. The Morgan fingerprint density at radius 2 is 1.71 bits per heavy atom. The summed E-state index contributed by atoms with van der Waals surface area (Å²) in [7, 11) is 1.20. The first-order valence-corrected chi connectivity index (χ1v) is 8.23. The summed E-state index contributed by atoms with van der Waals surface area (Å²) >= 11 is 0. The van der Waals surface area contributed by atoms with Gasteiger partial charge in [0.05, 0.1) is 13.0 Å². The summed E-state index contributed by atoms with van der Waals surface area (Å²) in [6.07, 6.45) is -0.880. The van der Waals surface area contributed by atoms with E-state index in [9.17, 15) is 18.8 Å². The van der Waals surface area contributed by atoms with Crippen molar-refractivity contribution in [2.75, 3.05) is 19.0 Å². The molecular weight excluding hydrogens is 371 g/mol. The van der Waals surface area contributed by atoms with Gasteiger partial charge < -0.3 is 20.3 Å². The van der Waals surface area contributed by atoms with E-state index in [4.69, 9.17) is 14.9 Å². The van der Waals surface area contributed by atoms with Crippen LogP contribution in [0.5, 0.6) is 5.75 Å². The van der Waals surface area contributed by atoms with E-state index in [0.717, 1.165) is 4.90 Å². The molecule has 2 aromatic rings. The first-order valence-electron chi connectivity index (χ1n) is 8.23. The first-order chi connectivity index (χ1) is 13.3. The van der Waals surface area contributed by atoms with E-state index in [0.29, 0.717) is 11.3 Å². The number of benzene rings is 2. The average Bonchev–Trinajstić information content (AvgIpc) is 2.65. The number of likely N-dealkylation sites (N-methyl/N-ethyl adjacent to an activating group) is 1. The van der Waals surface area contributed by atoms with Crippen LogP contribution >= 0.6 is 0 Å². The van der Waals surface area contributed by atoms with E-state index in [1.807, 2.05) is 0 Å². The van der Waals surface area contributed by atoms with Gasteiger partial charge in [0.1, 0.15) is 11.6 Å². The largest absolute Gasteiger partial charge is 0.480 e. The van der Waals surface area contributed by atoms with Crippen LogP contribution in [0.3, 0.4) is 0 Å². The second-order valence-corrected chi connectivity index (χ2v) is 5.89. The minimum atomic E-state index is -1.42. The van der Waals surface area contributed by atoms with Crippen LogP contribution in [0.4, 0.5) is 14.9 Å². The Labute approximate surface area is 160 Å². The molecule has 0 aliphatic heterocycles.